The zero-order valence-corrected chi connectivity index (χ0v) is 11.1. The first-order chi connectivity index (χ1) is 9.97. The van der Waals surface area contributed by atoms with E-state index in [1.807, 2.05) is 0 Å². The molecule has 0 unspecified atom stereocenters. The van der Waals surface area contributed by atoms with E-state index in [2.05, 4.69) is 10.5 Å². The first-order valence-corrected chi connectivity index (χ1v) is 6.04. The van der Waals surface area contributed by atoms with Crippen molar-refractivity contribution >= 4 is 17.1 Å². The smallest absolute Gasteiger partial charge is 0.269 e. The maximum absolute atomic E-state index is 10.5. The second-order valence-electron chi connectivity index (χ2n) is 4.31. The molecule has 7 heteroatoms. The number of rotatable bonds is 4. The maximum atomic E-state index is 10.5. The highest BCUT2D eigenvalue weighted by Gasteiger charge is 2.06. The Morgan fingerprint density at radius 2 is 1.86 bits per heavy atom. The first-order valence-electron chi connectivity index (χ1n) is 6.04. The van der Waals surface area contributed by atoms with Crippen molar-refractivity contribution in [1.82, 2.24) is 0 Å². The molecule has 0 aliphatic carbocycles. The fourth-order valence-corrected chi connectivity index (χ4v) is 1.69. The zero-order chi connectivity index (χ0) is 15.4. The number of nitro groups is 1. The van der Waals surface area contributed by atoms with Crippen LogP contribution in [0.3, 0.4) is 0 Å². The largest absolute Gasteiger partial charge is 0.508 e. The monoisotopic (exact) mass is 287 g/mol. The molecule has 2 rings (SSSR count). The van der Waals surface area contributed by atoms with E-state index in [1.165, 1.54) is 36.4 Å². The van der Waals surface area contributed by atoms with E-state index in [4.69, 9.17) is 0 Å². The summed E-state index contributed by atoms with van der Waals surface area (Å²) >= 11 is 0. The number of hydrazone groups is 1. The Hall–Kier alpha value is -3.09. The van der Waals surface area contributed by atoms with Gasteiger partial charge in [-0.05, 0) is 31.2 Å². The van der Waals surface area contributed by atoms with E-state index in [-0.39, 0.29) is 17.2 Å². The first kappa shape index (κ1) is 14.3. The second-order valence-corrected chi connectivity index (χ2v) is 4.31. The van der Waals surface area contributed by atoms with Gasteiger partial charge < -0.3 is 10.2 Å². The average molecular weight is 287 g/mol. The van der Waals surface area contributed by atoms with Crippen molar-refractivity contribution in [3.63, 3.8) is 0 Å². The number of nitrogens with one attached hydrogen (secondary N) is 1. The topological polar surface area (TPSA) is 108 Å². The third-order valence-electron chi connectivity index (χ3n) is 2.80. The van der Waals surface area contributed by atoms with Gasteiger partial charge in [0.05, 0.1) is 16.3 Å². The number of nitrogens with zero attached hydrogens (tertiary/aromatic N) is 2. The number of benzene rings is 2. The summed E-state index contributed by atoms with van der Waals surface area (Å²) in [5, 5.41) is 33.6. The highest BCUT2D eigenvalue weighted by molar-refractivity contribution is 6.01. The zero-order valence-electron chi connectivity index (χ0n) is 11.1. The SMILES string of the molecule is C/C(=N\Nc1ccc([N+](=O)[O-])cc1)c1ccc(O)cc1O. The van der Waals surface area contributed by atoms with Crippen LogP contribution in [0.2, 0.25) is 0 Å². The fourth-order valence-electron chi connectivity index (χ4n) is 1.69. The molecule has 0 spiro atoms. The highest BCUT2D eigenvalue weighted by Crippen LogP contribution is 2.23. The molecule has 0 bridgehead atoms. The molecule has 0 saturated heterocycles. The lowest BCUT2D eigenvalue weighted by atomic mass is 10.1. The number of hydrogen-bond donors (Lipinski definition) is 3. The number of anilines is 1. The number of aromatic hydroxyl groups is 2. The Morgan fingerprint density at radius 3 is 2.43 bits per heavy atom. The number of nitro benzene ring substituents is 1. The number of hydrogen-bond acceptors (Lipinski definition) is 6. The summed E-state index contributed by atoms with van der Waals surface area (Å²) in [7, 11) is 0. The number of non-ortho nitro benzene ring substituents is 1. The van der Waals surface area contributed by atoms with Crippen molar-refractivity contribution in [1.29, 1.82) is 0 Å². The third kappa shape index (κ3) is 3.47. The number of phenolic OH excluding ortho intramolecular Hbond substituents is 2. The van der Waals surface area contributed by atoms with Gasteiger partial charge in [0.25, 0.3) is 5.69 Å². The van der Waals surface area contributed by atoms with E-state index >= 15 is 0 Å². The quantitative estimate of drug-likeness (QED) is 0.455. The van der Waals surface area contributed by atoms with E-state index in [0.29, 0.717) is 17.0 Å². The second kappa shape index (κ2) is 5.91. The predicted octanol–water partition coefficient (Wildman–Crippen LogP) is 2.84. The fraction of sp³-hybridized carbons (Fsp3) is 0.0714. The van der Waals surface area contributed by atoms with Crippen LogP contribution in [0.1, 0.15) is 12.5 Å². The van der Waals surface area contributed by atoms with Crippen LogP contribution in [0.25, 0.3) is 0 Å². The van der Waals surface area contributed by atoms with E-state index in [0.717, 1.165) is 0 Å². The van der Waals surface area contributed by atoms with Crippen molar-refractivity contribution in [2.45, 2.75) is 6.92 Å². The summed E-state index contributed by atoms with van der Waals surface area (Å²) in [6, 6.07) is 10.0. The van der Waals surface area contributed by atoms with E-state index in [9.17, 15) is 20.3 Å². The Kier molecular flexibility index (Phi) is 4.03. The highest BCUT2D eigenvalue weighted by atomic mass is 16.6. The number of phenols is 2. The Bertz CT molecular complexity index is 696. The Morgan fingerprint density at radius 1 is 1.19 bits per heavy atom. The molecule has 0 aromatic heterocycles. The average Bonchev–Trinajstić information content (AvgIpc) is 2.45. The lowest BCUT2D eigenvalue weighted by molar-refractivity contribution is -0.384. The van der Waals surface area contributed by atoms with Gasteiger partial charge in [-0.1, -0.05) is 0 Å². The molecule has 108 valence electrons. The summed E-state index contributed by atoms with van der Waals surface area (Å²) in [6.07, 6.45) is 0. The summed E-state index contributed by atoms with van der Waals surface area (Å²) < 4.78 is 0. The van der Waals surface area contributed by atoms with Gasteiger partial charge in [-0.15, -0.1) is 0 Å². The standard InChI is InChI=1S/C14H13N3O4/c1-9(13-7-6-12(18)8-14(13)19)15-16-10-2-4-11(5-3-10)17(20)21/h2-8,16,18-19H,1H3/b15-9+. The van der Waals surface area contributed by atoms with Crippen LogP contribution in [0.15, 0.2) is 47.6 Å². The molecular weight excluding hydrogens is 274 g/mol. The van der Waals surface area contributed by atoms with Gasteiger partial charge >= 0.3 is 0 Å². The van der Waals surface area contributed by atoms with Gasteiger partial charge in [-0.2, -0.15) is 5.10 Å². The van der Waals surface area contributed by atoms with Gasteiger partial charge in [-0.25, -0.2) is 0 Å². The van der Waals surface area contributed by atoms with Crippen molar-refractivity contribution in [3.05, 3.63) is 58.1 Å². The molecule has 0 saturated carbocycles. The molecule has 0 fully saturated rings. The van der Waals surface area contributed by atoms with Gasteiger partial charge in [-0.3, -0.25) is 15.5 Å². The van der Waals surface area contributed by atoms with Crippen LogP contribution in [0.5, 0.6) is 11.5 Å². The van der Waals surface area contributed by atoms with Crippen molar-refractivity contribution in [2.75, 3.05) is 5.43 Å². The van der Waals surface area contributed by atoms with Crippen molar-refractivity contribution in [3.8, 4) is 11.5 Å². The van der Waals surface area contributed by atoms with Crippen LogP contribution in [-0.4, -0.2) is 20.8 Å². The molecule has 21 heavy (non-hydrogen) atoms. The Balaban J connectivity index is 2.14. The van der Waals surface area contributed by atoms with Crippen LogP contribution in [0, 0.1) is 10.1 Å². The van der Waals surface area contributed by atoms with Gasteiger partial charge in [0.15, 0.2) is 0 Å². The van der Waals surface area contributed by atoms with Gasteiger partial charge in [0.2, 0.25) is 0 Å². The molecular formula is C14H13N3O4. The normalized spacial score (nSPS) is 11.2. The minimum Gasteiger partial charge on any atom is -0.508 e. The van der Waals surface area contributed by atoms with Crippen molar-refractivity contribution in [2.24, 2.45) is 5.10 Å². The summed E-state index contributed by atoms with van der Waals surface area (Å²) in [4.78, 5) is 10.1. The summed E-state index contributed by atoms with van der Waals surface area (Å²) in [6.45, 7) is 1.69. The Labute approximate surface area is 120 Å². The predicted molar refractivity (Wildman–Crippen MR) is 78.7 cm³/mol. The van der Waals surface area contributed by atoms with E-state index < -0.39 is 4.92 Å². The van der Waals surface area contributed by atoms with Crippen LogP contribution in [-0.2, 0) is 0 Å². The molecule has 3 N–H and O–H groups in total. The third-order valence-corrected chi connectivity index (χ3v) is 2.80. The molecule has 0 heterocycles. The van der Waals surface area contributed by atoms with Crippen LogP contribution in [0.4, 0.5) is 11.4 Å². The van der Waals surface area contributed by atoms with Crippen LogP contribution >= 0.6 is 0 Å². The lowest BCUT2D eigenvalue weighted by Gasteiger charge is -2.06. The summed E-state index contributed by atoms with van der Waals surface area (Å²) in [5.74, 6) is -0.117. The molecule has 0 amide bonds. The lowest BCUT2D eigenvalue weighted by Crippen LogP contribution is -2.00. The molecule has 7 nitrogen and oxygen atoms in total. The molecule has 0 radical (unpaired) electrons. The minimum atomic E-state index is -0.479. The van der Waals surface area contributed by atoms with E-state index in [1.54, 1.807) is 13.0 Å². The molecule has 0 aliphatic heterocycles. The van der Waals surface area contributed by atoms with Crippen molar-refractivity contribution < 1.29 is 15.1 Å². The van der Waals surface area contributed by atoms with Gasteiger partial charge in [0, 0.05) is 23.8 Å². The molecule has 0 atom stereocenters. The van der Waals surface area contributed by atoms with Gasteiger partial charge in [0.1, 0.15) is 11.5 Å². The summed E-state index contributed by atoms with van der Waals surface area (Å²) in [5.41, 5.74) is 4.30. The van der Waals surface area contributed by atoms with Crippen LogP contribution < -0.4 is 5.43 Å². The molecule has 2 aromatic rings. The molecule has 0 aliphatic rings. The minimum absolute atomic E-state index is 0.00238. The maximum Gasteiger partial charge on any atom is 0.269 e. The molecule has 2 aromatic carbocycles.